The van der Waals surface area contributed by atoms with Crippen molar-refractivity contribution in [1.29, 1.82) is 0 Å². The third kappa shape index (κ3) is 1.23. The summed E-state index contributed by atoms with van der Waals surface area (Å²) in [6.45, 7) is 4.74. The summed E-state index contributed by atoms with van der Waals surface area (Å²) in [6.07, 6.45) is 8.27. The SMILES string of the molecule is CC1=CCC2CC1CCC2C. The van der Waals surface area contributed by atoms with Gasteiger partial charge in [0.25, 0.3) is 0 Å². The van der Waals surface area contributed by atoms with Crippen molar-refractivity contribution in [3.8, 4) is 0 Å². The van der Waals surface area contributed by atoms with E-state index in [1.807, 2.05) is 0 Å². The summed E-state index contributed by atoms with van der Waals surface area (Å²) in [5.41, 5.74) is 1.67. The highest BCUT2D eigenvalue weighted by molar-refractivity contribution is 5.10. The first-order chi connectivity index (χ1) is 5.27. The van der Waals surface area contributed by atoms with Gasteiger partial charge in [-0.05, 0) is 50.4 Å². The Bertz CT molecular complexity index is 178. The van der Waals surface area contributed by atoms with E-state index in [1.54, 1.807) is 5.57 Å². The maximum Gasteiger partial charge on any atom is -0.0203 e. The second-order valence-corrected chi connectivity index (χ2v) is 4.43. The van der Waals surface area contributed by atoms with Crippen LogP contribution >= 0.6 is 0 Å². The van der Waals surface area contributed by atoms with Gasteiger partial charge in [0.2, 0.25) is 0 Å². The summed E-state index contributed by atoms with van der Waals surface area (Å²) in [5, 5.41) is 0. The summed E-state index contributed by atoms with van der Waals surface area (Å²) in [6, 6.07) is 0. The molecule has 0 radical (unpaired) electrons. The van der Waals surface area contributed by atoms with Gasteiger partial charge in [0, 0.05) is 0 Å². The molecule has 0 aromatic rings. The van der Waals surface area contributed by atoms with Gasteiger partial charge in [0.1, 0.15) is 0 Å². The van der Waals surface area contributed by atoms with E-state index in [0.717, 1.165) is 17.8 Å². The monoisotopic (exact) mass is 150 g/mol. The van der Waals surface area contributed by atoms with Gasteiger partial charge in [-0.25, -0.2) is 0 Å². The van der Waals surface area contributed by atoms with E-state index >= 15 is 0 Å². The second-order valence-electron chi connectivity index (χ2n) is 4.43. The van der Waals surface area contributed by atoms with E-state index in [4.69, 9.17) is 0 Å². The molecule has 0 aromatic heterocycles. The normalized spacial score (nSPS) is 43.5. The summed E-state index contributed by atoms with van der Waals surface area (Å²) < 4.78 is 0. The average Bonchev–Trinajstić information content (AvgIpc) is 2.02. The van der Waals surface area contributed by atoms with E-state index < -0.39 is 0 Å². The third-order valence-corrected chi connectivity index (χ3v) is 3.75. The predicted molar refractivity (Wildman–Crippen MR) is 48.4 cm³/mol. The van der Waals surface area contributed by atoms with Crippen LogP contribution in [0.5, 0.6) is 0 Å². The van der Waals surface area contributed by atoms with Gasteiger partial charge in [0.05, 0.1) is 0 Å². The first-order valence-electron chi connectivity index (χ1n) is 4.94. The Labute approximate surface area is 69.7 Å². The lowest BCUT2D eigenvalue weighted by Gasteiger charge is -2.38. The molecule has 0 saturated heterocycles. The van der Waals surface area contributed by atoms with Crippen molar-refractivity contribution in [3.63, 3.8) is 0 Å². The fourth-order valence-corrected chi connectivity index (χ4v) is 2.66. The fourth-order valence-electron chi connectivity index (χ4n) is 2.66. The molecule has 3 unspecified atom stereocenters. The minimum Gasteiger partial charge on any atom is -0.0850 e. The lowest BCUT2D eigenvalue weighted by atomic mass is 9.68. The first kappa shape index (κ1) is 7.39. The van der Waals surface area contributed by atoms with Crippen LogP contribution in [-0.2, 0) is 0 Å². The van der Waals surface area contributed by atoms with Crippen molar-refractivity contribution >= 4 is 0 Å². The molecule has 2 aliphatic carbocycles. The number of allylic oxidation sites excluding steroid dienone is 2. The number of hydrogen-bond donors (Lipinski definition) is 0. The number of hydrogen-bond acceptors (Lipinski definition) is 0. The quantitative estimate of drug-likeness (QED) is 0.464. The zero-order valence-corrected chi connectivity index (χ0v) is 7.64. The van der Waals surface area contributed by atoms with Gasteiger partial charge in [-0.2, -0.15) is 0 Å². The Morgan fingerprint density at radius 1 is 1.36 bits per heavy atom. The summed E-state index contributed by atoms with van der Waals surface area (Å²) >= 11 is 0. The maximum atomic E-state index is 2.48. The van der Waals surface area contributed by atoms with E-state index in [1.165, 1.54) is 25.7 Å². The van der Waals surface area contributed by atoms with Gasteiger partial charge in [-0.1, -0.05) is 18.6 Å². The predicted octanol–water partition coefficient (Wildman–Crippen LogP) is 3.39. The molecule has 62 valence electrons. The Hall–Kier alpha value is -0.260. The molecule has 2 rings (SSSR count). The molecule has 0 aliphatic heterocycles. The zero-order valence-electron chi connectivity index (χ0n) is 7.64. The van der Waals surface area contributed by atoms with E-state index in [-0.39, 0.29) is 0 Å². The minimum atomic E-state index is 0.963. The van der Waals surface area contributed by atoms with Crippen LogP contribution in [0.15, 0.2) is 11.6 Å². The van der Waals surface area contributed by atoms with E-state index in [9.17, 15) is 0 Å². The van der Waals surface area contributed by atoms with Crippen LogP contribution in [0, 0.1) is 17.8 Å². The van der Waals surface area contributed by atoms with Crippen LogP contribution < -0.4 is 0 Å². The Morgan fingerprint density at radius 2 is 2.18 bits per heavy atom. The Kier molecular flexibility index (Phi) is 1.78. The molecule has 0 N–H and O–H groups in total. The molecule has 3 atom stereocenters. The minimum absolute atomic E-state index is 0.963. The number of fused-ring (bicyclic) bond motifs is 2. The molecule has 0 heterocycles. The maximum absolute atomic E-state index is 2.48. The van der Waals surface area contributed by atoms with Gasteiger partial charge in [0.15, 0.2) is 0 Å². The van der Waals surface area contributed by atoms with Gasteiger partial charge < -0.3 is 0 Å². The van der Waals surface area contributed by atoms with Crippen molar-refractivity contribution < 1.29 is 0 Å². The van der Waals surface area contributed by atoms with Crippen LogP contribution in [0.3, 0.4) is 0 Å². The van der Waals surface area contributed by atoms with Crippen LogP contribution in [0.2, 0.25) is 0 Å². The van der Waals surface area contributed by atoms with Crippen LogP contribution in [0.1, 0.15) is 39.5 Å². The second kappa shape index (κ2) is 2.66. The summed E-state index contributed by atoms with van der Waals surface area (Å²) in [4.78, 5) is 0. The number of rotatable bonds is 0. The van der Waals surface area contributed by atoms with Crippen molar-refractivity contribution in [2.75, 3.05) is 0 Å². The molecule has 0 spiro atoms. The Morgan fingerprint density at radius 3 is 3.00 bits per heavy atom. The van der Waals surface area contributed by atoms with E-state index in [2.05, 4.69) is 19.9 Å². The topological polar surface area (TPSA) is 0 Å². The molecule has 11 heavy (non-hydrogen) atoms. The molecular formula is C11H18. The zero-order chi connectivity index (χ0) is 7.84. The third-order valence-electron chi connectivity index (χ3n) is 3.75. The van der Waals surface area contributed by atoms with Crippen LogP contribution in [-0.4, -0.2) is 0 Å². The molecule has 1 fully saturated rings. The molecule has 2 bridgehead atoms. The first-order valence-corrected chi connectivity index (χ1v) is 4.94. The fraction of sp³-hybridized carbons (Fsp3) is 0.818. The smallest absolute Gasteiger partial charge is 0.0203 e. The van der Waals surface area contributed by atoms with Crippen LogP contribution in [0.25, 0.3) is 0 Å². The summed E-state index contributed by atoms with van der Waals surface area (Å²) in [7, 11) is 0. The van der Waals surface area contributed by atoms with Crippen molar-refractivity contribution in [3.05, 3.63) is 11.6 Å². The van der Waals surface area contributed by atoms with Crippen LogP contribution in [0.4, 0.5) is 0 Å². The lowest BCUT2D eigenvalue weighted by Crippen LogP contribution is -2.26. The largest absolute Gasteiger partial charge is 0.0850 e. The van der Waals surface area contributed by atoms with Gasteiger partial charge in [-0.3, -0.25) is 0 Å². The lowest BCUT2D eigenvalue weighted by molar-refractivity contribution is 0.200. The molecule has 1 saturated carbocycles. The van der Waals surface area contributed by atoms with E-state index in [0.29, 0.717) is 0 Å². The molecule has 2 aliphatic rings. The molecule has 0 aromatic carbocycles. The highest BCUT2D eigenvalue weighted by atomic mass is 14.4. The molecule has 0 nitrogen and oxygen atoms in total. The highest BCUT2D eigenvalue weighted by Gasteiger charge is 2.30. The summed E-state index contributed by atoms with van der Waals surface area (Å²) in [5.74, 6) is 2.98. The van der Waals surface area contributed by atoms with Gasteiger partial charge >= 0.3 is 0 Å². The van der Waals surface area contributed by atoms with Crippen molar-refractivity contribution in [2.24, 2.45) is 17.8 Å². The van der Waals surface area contributed by atoms with Gasteiger partial charge in [-0.15, -0.1) is 0 Å². The molecule has 0 heteroatoms. The molecule has 0 amide bonds. The Balaban J connectivity index is 2.15. The molecular weight excluding hydrogens is 132 g/mol. The van der Waals surface area contributed by atoms with Crippen molar-refractivity contribution in [1.82, 2.24) is 0 Å². The average molecular weight is 150 g/mol. The highest BCUT2D eigenvalue weighted by Crippen LogP contribution is 2.42. The standard InChI is InChI=1S/C11H18/c1-8-3-5-11-7-10(8)6-4-9(11)2/h3,9-11H,4-7H2,1-2H3. The van der Waals surface area contributed by atoms with Crippen molar-refractivity contribution in [2.45, 2.75) is 39.5 Å².